The summed E-state index contributed by atoms with van der Waals surface area (Å²) in [6.07, 6.45) is 5.23. The van der Waals surface area contributed by atoms with Crippen molar-refractivity contribution in [2.45, 2.75) is 0 Å². The molecule has 0 aliphatic rings. The van der Waals surface area contributed by atoms with Crippen LogP contribution >= 0.6 is 0 Å². The van der Waals surface area contributed by atoms with Crippen molar-refractivity contribution < 1.29 is 14.3 Å². The first-order chi connectivity index (χ1) is 12.4. The molecular weight excluding hydrogens is 330 g/mol. The van der Waals surface area contributed by atoms with E-state index in [1.165, 1.54) is 9.80 Å². The molecule has 0 saturated carbocycles. The summed E-state index contributed by atoms with van der Waals surface area (Å²) >= 11 is 0. The summed E-state index contributed by atoms with van der Waals surface area (Å²) in [5.74, 6) is 9.66. The lowest BCUT2D eigenvalue weighted by Crippen LogP contribution is -2.36. The molecule has 0 atom stereocenters. The molecule has 0 unspecified atom stereocenters. The number of likely N-dealkylation sites (N-methyl/N-ethyl adjacent to an activating group) is 2. The SMILES string of the molecule is C#CCN(C)C(=O)C(=C)N(C)C(C#Cc1ccc(OC)c(OC)c1)=NC. The Hall–Kier alpha value is -3.38. The summed E-state index contributed by atoms with van der Waals surface area (Å²) in [6.45, 7) is 4.01. The Labute approximate surface area is 155 Å². The minimum Gasteiger partial charge on any atom is -0.493 e. The summed E-state index contributed by atoms with van der Waals surface area (Å²) in [5.41, 5.74) is 0.948. The molecule has 0 fully saturated rings. The number of nitrogens with zero attached hydrogens (tertiary/aromatic N) is 3. The maximum Gasteiger partial charge on any atom is 0.270 e. The molecule has 26 heavy (non-hydrogen) atoms. The van der Waals surface area contributed by atoms with E-state index in [1.807, 2.05) is 6.07 Å². The van der Waals surface area contributed by atoms with E-state index in [-0.39, 0.29) is 18.1 Å². The molecule has 0 aliphatic heterocycles. The summed E-state index contributed by atoms with van der Waals surface area (Å²) < 4.78 is 10.5. The van der Waals surface area contributed by atoms with Gasteiger partial charge in [0.25, 0.3) is 5.91 Å². The number of amides is 1. The molecule has 1 aromatic carbocycles. The van der Waals surface area contributed by atoms with E-state index < -0.39 is 0 Å². The minimum atomic E-state index is -0.292. The lowest BCUT2D eigenvalue weighted by atomic mass is 10.2. The van der Waals surface area contributed by atoms with Crippen LogP contribution < -0.4 is 9.47 Å². The summed E-state index contributed by atoms with van der Waals surface area (Å²) in [7, 11) is 8.01. The van der Waals surface area contributed by atoms with Crippen molar-refractivity contribution in [3.05, 3.63) is 36.0 Å². The van der Waals surface area contributed by atoms with Crippen molar-refractivity contribution in [1.29, 1.82) is 0 Å². The number of terminal acetylenes is 1. The first kappa shape index (κ1) is 20.7. The van der Waals surface area contributed by atoms with Crippen LogP contribution in [-0.2, 0) is 4.79 Å². The lowest BCUT2D eigenvalue weighted by Gasteiger charge is -2.23. The maximum atomic E-state index is 12.3. The van der Waals surface area contributed by atoms with Gasteiger partial charge in [-0.1, -0.05) is 18.4 Å². The largest absolute Gasteiger partial charge is 0.493 e. The van der Waals surface area contributed by atoms with Crippen molar-refractivity contribution in [2.24, 2.45) is 4.99 Å². The Morgan fingerprint density at radius 1 is 1.27 bits per heavy atom. The fourth-order valence-corrected chi connectivity index (χ4v) is 2.03. The molecule has 0 radical (unpaired) electrons. The van der Waals surface area contributed by atoms with Gasteiger partial charge in [-0.05, 0) is 24.1 Å². The number of rotatable bonds is 5. The number of aliphatic imine (C=N–C) groups is 1. The van der Waals surface area contributed by atoms with E-state index in [4.69, 9.17) is 15.9 Å². The molecular formula is C20H23N3O3. The Balaban J connectivity index is 3.02. The van der Waals surface area contributed by atoms with Crippen LogP contribution in [0.25, 0.3) is 0 Å². The van der Waals surface area contributed by atoms with Gasteiger partial charge in [0.2, 0.25) is 0 Å². The molecule has 0 aliphatic carbocycles. The quantitative estimate of drug-likeness (QED) is 0.349. The third-order valence-corrected chi connectivity index (χ3v) is 3.56. The van der Waals surface area contributed by atoms with E-state index >= 15 is 0 Å². The Bertz CT molecular complexity index is 810. The van der Waals surface area contributed by atoms with Gasteiger partial charge in [0.15, 0.2) is 17.3 Å². The summed E-state index contributed by atoms with van der Waals surface area (Å²) in [5, 5.41) is 0. The van der Waals surface area contributed by atoms with Crippen LogP contribution in [0.2, 0.25) is 0 Å². The molecule has 6 nitrogen and oxygen atoms in total. The fourth-order valence-electron chi connectivity index (χ4n) is 2.03. The van der Waals surface area contributed by atoms with Crippen molar-refractivity contribution in [1.82, 2.24) is 9.80 Å². The molecule has 0 saturated heterocycles. The van der Waals surface area contributed by atoms with Gasteiger partial charge in [0.05, 0.1) is 20.8 Å². The van der Waals surface area contributed by atoms with Crippen LogP contribution in [-0.4, -0.2) is 63.4 Å². The highest BCUT2D eigenvalue weighted by molar-refractivity contribution is 6.05. The van der Waals surface area contributed by atoms with Crippen molar-refractivity contribution in [3.63, 3.8) is 0 Å². The number of amidine groups is 1. The summed E-state index contributed by atoms with van der Waals surface area (Å²) in [4.78, 5) is 19.3. The van der Waals surface area contributed by atoms with Gasteiger partial charge in [0, 0.05) is 26.7 Å². The number of benzene rings is 1. The van der Waals surface area contributed by atoms with E-state index in [1.54, 1.807) is 47.5 Å². The Morgan fingerprint density at radius 3 is 2.46 bits per heavy atom. The number of hydrogen-bond donors (Lipinski definition) is 0. The van der Waals surface area contributed by atoms with Crippen LogP contribution in [0.3, 0.4) is 0 Å². The third-order valence-electron chi connectivity index (χ3n) is 3.56. The normalized spacial score (nSPS) is 10.1. The zero-order valence-electron chi connectivity index (χ0n) is 15.8. The smallest absolute Gasteiger partial charge is 0.270 e. The molecule has 0 N–H and O–H groups in total. The topological polar surface area (TPSA) is 54.4 Å². The van der Waals surface area contributed by atoms with Gasteiger partial charge in [-0.25, -0.2) is 0 Å². The van der Waals surface area contributed by atoms with Gasteiger partial charge in [-0.3, -0.25) is 9.79 Å². The molecule has 1 rings (SSSR count). The van der Waals surface area contributed by atoms with Gasteiger partial charge >= 0.3 is 0 Å². The Kier molecular flexibility index (Phi) is 7.79. The molecule has 136 valence electrons. The second-order valence-electron chi connectivity index (χ2n) is 5.24. The average Bonchev–Trinajstić information content (AvgIpc) is 2.66. The predicted molar refractivity (Wildman–Crippen MR) is 103 cm³/mol. The van der Waals surface area contributed by atoms with Crippen LogP contribution in [0.4, 0.5) is 0 Å². The zero-order chi connectivity index (χ0) is 19.7. The van der Waals surface area contributed by atoms with Crippen LogP contribution in [0.15, 0.2) is 35.5 Å². The zero-order valence-corrected chi connectivity index (χ0v) is 15.8. The van der Waals surface area contributed by atoms with Crippen molar-refractivity contribution in [3.8, 4) is 35.7 Å². The number of carbonyl (C=O) groups is 1. The number of carbonyl (C=O) groups excluding carboxylic acids is 1. The van der Waals surface area contributed by atoms with Gasteiger partial charge in [-0.2, -0.15) is 0 Å². The Morgan fingerprint density at radius 2 is 1.92 bits per heavy atom. The fraction of sp³-hybridized carbons (Fsp3) is 0.300. The predicted octanol–water partition coefficient (Wildman–Crippen LogP) is 1.62. The summed E-state index contributed by atoms with van der Waals surface area (Å²) in [6, 6.07) is 5.34. The third kappa shape index (κ3) is 5.06. The van der Waals surface area contributed by atoms with Crippen LogP contribution in [0, 0.1) is 24.2 Å². The van der Waals surface area contributed by atoms with E-state index in [0.717, 1.165) is 5.56 Å². The van der Waals surface area contributed by atoms with E-state index in [9.17, 15) is 4.79 Å². The molecule has 1 aromatic rings. The molecule has 0 heterocycles. The number of methoxy groups -OCH3 is 2. The first-order valence-corrected chi connectivity index (χ1v) is 7.71. The monoisotopic (exact) mass is 353 g/mol. The molecule has 0 bridgehead atoms. The first-order valence-electron chi connectivity index (χ1n) is 7.71. The van der Waals surface area contributed by atoms with Crippen LogP contribution in [0.5, 0.6) is 11.5 Å². The van der Waals surface area contributed by atoms with Crippen molar-refractivity contribution >= 4 is 11.7 Å². The number of ether oxygens (including phenoxy) is 2. The van der Waals surface area contributed by atoms with Crippen molar-refractivity contribution in [2.75, 3.05) is 41.9 Å². The van der Waals surface area contributed by atoms with Gasteiger partial charge in [-0.15, -0.1) is 6.42 Å². The molecule has 0 spiro atoms. The lowest BCUT2D eigenvalue weighted by molar-refractivity contribution is -0.126. The molecule has 1 amide bonds. The van der Waals surface area contributed by atoms with Gasteiger partial charge in [0.1, 0.15) is 5.70 Å². The number of hydrogen-bond acceptors (Lipinski definition) is 4. The average molecular weight is 353 g/mol. The molecule has 0 aromatic heterocycles. The van der Waals surface area contributed by atoms with E-state index in [2.05, 4.69) is 29.3 Å². The highest BCUT2D eigenvalue weighted by atomic mass is 16.5. The highest BCUT2D eigenvalue weighted by Gasteiger charge is 2.18. The molecule has 6 heteroatoms. The van der Waals surface area contributed by atoms with E-state index in [0.29, 0.717) is 17.3 Å². The second-order valence-corrected chi connectivity index (χ2v) is 5.24. The highest BCUT2D eigenvalue weighted by Crippen LogP contribution is 2.27. The maximum absolute atomic E-state index is 12.3. The van der Waals surface area contributed by atoms with Gasteiger partial charge < -0.3 is 19.3 Å². The standard InChI is InChI=1S/C20H23N3O3/c1-8-13-22(4)20(24)15(2)23(5)19(21-3)12-10-16-9-11-17(25-6)18(14-16)26-7/h1,9,11,14H,2,13H2,3-7H3. The van der Waals surface area contributed by atoms with Crippen LogP contribution in [0.1, 0.15) is 5.56 Å². The minimum absolute atomic E-state index is 0.196. The second kappa shape index (κ2) is 9.80.